The average molecular weight is 300 g/mol. The number of allylic oxidation sites excluding steroid dienone is 3. The van der Waals surface area contributed by atoms with Crippen molar-refractivity contribution in [1.82, 2.24) is 0 Å². The van der Waals surface area contributed by atoms with Gasteiger partial charge in [0.1, 0.15) is 0 Å². The molecule has 0 fully saturated rings. The number of aryl methyl sites for hydroxylation is 1. The highest BCUT2D eigenvalue weighted by Gasteiger charge is 2.16. The second-order valence-corrected chi connectivity index (χ2v) is 6.18. The van der Waals surface area contributed by atoms with Gasteiger partial charge in [-0.15, -0.1) is 0 Å². The molecule has 0 unspecified atom stereocenters. The van der Waals surface area contributed by atoms with Gasteiger partial charge in [0.15, 0.2) is 0 Å². The fourth-order valence-corrected chi connectivity index (χ4v) is 3.34. The molecule has 2 nitrogen and oxygen atoms in total. The van der Waals surface area contributed by atoms with Crippen LogP contribution in [0, 0.1) is 0 Å². The maximum absolute atomic E-state index is 4.24. The van der Waals surface area contributed by atoms with Crippen molar-refractivity contribution in [3.63, 3.8) is 0 Å². The highest BCUT2D eigenvalue weighted by atomic mass is 14.9. The summed E-state index contributed by atoms with van der Waals surface area (Å²) < 4.78 is 0. The van der Waals surface area contributed by atoms with Crippen molar-refractivity contribution in [3.8, 4) is 0 Å². The number of benzene rings is 2. The van der Waals surface area contributed by atoms with Gasteiger partial charge in [0.05, 0.1) is 0 Å². The maximum Gasteiger partial charge on any atom is 0.0435 e. The highest BCUT2D eigenvalue weighted by molar-refractivity contribution is 5.86. The lowest BCUT2D eigenvalue weighted by Crippen LogP contribution is -2.09. The number of fused-ring (bicyclic) bond motifs is 2. The summed E-state index contributed by atoms with van der Waals surface area (Å²) >= 11 is 0. The van der Waals surface area contributed by atoms with Crippen LogP contribution in [-0.2, 0) is 12.8 Å². The van der Waals surface area contributed by atoms with Gasteiger partial charge in [0.25, 0.3) is 0 Å². The Kier molecular flexibility index (Phi) is 3.30. The zero-order valence-corrected chi connectivity index (χ0v) is 13.2. The average Bonchev–Trinajstić information content (AvgIpc) is 2.98. The van der Waals surface area contributed by atoms with E-state index in [4.69, 9.17) is 0 Å². The van der Waals surface area contributed by atoms with Gasteiger partial charge in [0, 0.05) is 28.3 Å². The van der Waals surface area contributed by atoms with Crippen LogP contribution in [-0.4, -0.2) is 0 Å². The molecule has 2 aliphatic rings. The fourth-order valence-electron chi connectivity index (χ4n) is 3.34. The molecule has 2 heteroatoms. The van der Waals surface area contributed by atoms with Crippen molar-refractivity contribution < 1.29 is 0 Å². The van der Waals surface area contributed by atoms with E-state index in [2.05, 4.69) is 72.3 Å². The SMILES string of the molecule is C=C1CCc2ccc(NC(=C)C3=CCc4ccccc43)cc2N1. The van der Waals surface area contributed by atoms with Crippen molar-refractivity contribution in [2.24, 2.45) is 0 Å². The smallest absolute Gasteiger partial charge is 0.0435 e. The van der Waals surface area contributed by atoms with Gasteiger partial charge in [-0.1, -0.05) is 49.6 Å². The zero-order valence-electron chi connectivity index (χ0n) is 13.2. The van der Waals surface area contributed by atoms with Crippen molar-refractivity contribution in [2.75, 3.05) is 10.6 Å². The first-order valence-corrected chi connectivity index (χ1v) is 8.03. The van der Waals surface area contributed by atoms with Crippen LogP contribution in [0.4, 0.5) is 11.4 Å². The molecular weight excluding hydrogens is 280 g/mol. The molecule has 1 aliphatic heterocycles. The predicted molar refractivity (Wildman–Crippen MR) is 98.4 cm³/mol. The Balaban J connectivity index is 1.56. The van der Waals surface area contributed by atoms with E-state index in [0.717, 1.165) is 42.0 Å². The zero-order chi connectivity index (χ0) is 15.8. The first-order valence-electron chi connectivity index (χ1n) is 8.03. The van der Waals surface area contributed by atoms with Gasteiger partial charge in [-0.25, -0.2) is 0 Å². The van der Waals surface area contributed by atoms with E-state index in [1.807, 2.05) is 0 Å². The van der Waals surface area contributed by atoms with E-state index in [1.165, 1.54) is 22.3 Å². The van der Waals surface area contributed by atoms with Crippen LogP contribution in [0.1, 0.15) is 23.1 Å². The Bertz CT molecular complexity index is 843. The molecular formula is C21H20N2. The van der Waals surface area contributed by atoms with Gasteiger partial charge >= 0.3 is 0 Å². The summed E-state index contributed by atoms with van der Waals surface area (Å²) in [6.45, 7) is 8.27. The molecule has 0 bridgehead atoms. The molecule has 0 aromatic heterocycles. The minimum atomic E-state index is 0.949. The summed E-state index contributed by atoms with van der Waals surface area (Å²) in [6, 6.07) is 15.0. The number of rotatable bonds is 3. The summed E-state index contributed by atoms with van der Waals surface area (Å²) in [4.78, 5) is 0. The summed E-state index contributed by atoms with van der Waals surface area (Å²) in [5, 5.41) is 6.84. The molecule has 2 aromatic carbocycles. The summed E-state index contributed by atoms with van der Waals surface area (Å²) in [7, 11) is 0. The Morgan fingerprint density at radius 2 is 1.91 bits per heavy atom. The minimum absolute atomic E-state index is 0.949. The van der Waals surface area contributed by atoms with E-state index >= 15 is 0 Å². The number of hydrogen-bond donors (Lipinski definition) is 2. The molecule has 2 aromatic rings. The normalized spacial score (nSPS) is 15.3. The largest absolute Gasteiger partial charge is 0.359 e. The lowest BCUT2D eigenvalue weighted by Gasteiger charge is -2.21. The van der Waals surface area contributed by atoms with Crippen LogP contribution in [0.5, 0.6) is 0 Å². The first-order chi connectivity index (χ1) is 11.2. The molecule has 0 radical (unpaired) electrons. The van der Waals surface area contributed by atoms with Crippen molar-refractivity contribution >= 4 is 16.9 Å². The lowest BCUT2D eigenvalue weighted by atomic mass is 10.0. The minimum Gasteiger partial charge on any atom is -0.359 e. The quantitative estimate of drug-likeness (QED) is 0.821. The third-order valence-electron chi connectivity index (χ3n) is 4.57. The molecule has 0 atom stereocenters. The van der Waals surface area contributed by atoms with Crippen LogP contribution in [0.25, 0.3) is 5.57 Å². The van der Waals surface area contributed by atoms with Gasteiger partial charge in [-0.2, -0.15) is 0 Å². The number of nitrogens with one attached hydrogen (secondary N) is 2. The molecule has 4 rings (SSSR count). The van der Waals surface area contributed by atoms with E-state index in [1.54, 1.807) is 0 Å². The summed E-state index contributed by atoms with van der Waals surface area (Å²) in [5.74, 6) is 0. The van der Waals surface area contributed by atoms with E-state index in [9.17, 15) is 0 Å². The molecule has 114 valence electrons. The van der Waals surface area contributed by atoms with E-state index in [-0.39, 0.29) is 0 Å². The summed E-state index contributed by atoms with van der Waals surface area (Å²) in [5.41, 5.74) is 9.45. The number of anilines is 2. The molecule has 0 spiro atoms. The van der Waals surface area contributed by atoms with Crippen molar-refractivity contribution in [2.45, 2.75) is 19.3 Å². The Hall–Kier alpha value is -2.74. The molecule has 1 heterocycles. The molecule has 0 saturated heterocycles. The van der Waals surface area contributed by atoms with Crippen LogP contribution in [0.3, 0.4) is 0 Å². The van der Waals surface area contributed by atoms with Gasteiger partial charge in [0.2, 0.25) is 0 Å². The standard InChI is InChI=1S/C21H20N2/c1-14-7-8-17-9-11-18(13-21(17)22-14)23-15(2)19-12-10-16-5-3-4-6-20(16)19/h3-6,9,11-13,22-23H,1-2,7-8,10H2. The predicted octanol–water partition coefficient (Wildman–Crippen LogP) is 5.12. The van der Waals surface area contributed by atoms with Crippen LogP contribution in [0.15, 0.2) is 73.1 Å². The van der Waals surface area contributed by atoms with Crippen LogP contribution in [0.2, 0.25) is 0 Å². The fraction of sp³-hybridized carbons (Fsp3) is 0.143. The van der Waals surface area contributed by atoms with Crippen molar-refractivity contribution in [3.05, 3.63) is 89.8 Å². The molecule has 0 amide bonds. The topological polar surface area (TPSA) is 24.1 Å². The van der Waals surface area contributed by atoms with Gasteiger partial charge in [-0.3, -0.25) is 0 Å². The number of hydrogen-bond acceptors (Lipinski definition) is 2. The Labute approximate surface area is 137 Å². The molecule has 23 heavy (non-hydrogen) atoms. The van der Waals surface area contributed by atoms with E-state index < -0.39 is 0 Å². The summed E-state index contributed by atoms with van der Waals surface area (Å²) in [6.07, 6.45) is 5.30. The monoisotopic (exact) mass is 300 g/mol. The third-order valence-corrected chi connectivity index (χ3v) is 4.57. The lowest BCUT2D eigenvalue weighted by molar-refractivity contribution is 0.919. The second kappa shape index (κ2) is 5.47. The third kappa shape index (κ3) is 2.57. The highest BCUT2D eigenvalue weighted by Crippen LogP contribution is 2.34. The molecule has 1 aliphatic carbocycles. The maximum atomic E-state index is 4.24. The first kappa shape index (κ1) is 13.9. The second-order valence-electron chi connectivity index (χ2n) is 6.18. The molecule has 0 saturated carbocycles. The molecule has 2 N–H and O–H groups in total. The van der Waals surface area contributed by atoms with Crippen molar-refractivity contribution in [1.29, 1.82) is 0 Å². The van der Waals surface area contributed by atoms with Gasteiger partial charge < -0.3 is 10.6 Å². The Morgan fingerprint density at radius 3 is 2.83 bits per heavy atom. The van der Waals surface area contributed by atoms with Gasteiger partial charge in [-0.05, 0) is 48.1 Å². The van der Waals surface area contributed by atoms with Crippen LogP contribution < -0.4 is 10.6 Å². The van der Waals surface area contributed by atoms with E-state index in [0.29, 0.717) is 0 Å². The van der Waals surface area contributed by atoms with Crippen LogP contribution >= 0.6 is 0 Å². The Morgan fingerprint density at radius 1 is 1.04 bits per heavy atom.